The molecule has 0 amide bonds. The quantitative estimate of drug-likeness (QED) is 0.0779. The number of unbranched alkanes of at least 4 members (excludes halogenated alkanes) is 12. The fraction of sp³-hybridized carbons (Fsp3) is 0.957. The third-order valence-corrected chi connectivity index (χ3v) is 7.54. The molecular weight excluding hydrogens is 548 g/mol. The van der Waals surface area contributed by atoms with Crippen LogP contribution < -0.4 is 0 Å². The second-order valence-corrected chi connectivity index (χ2v) is 11.9. The Morgan fingerprint density at radius 2 is 1.03 bits per heavy atom. The summed E-state index contributed by atoms with van der Waals surface area (Å²) in [6.45, 7) is 1.54. The first kappa shape index (κ1) is 35.1. The monoisotopic (exact) mass is 592 g/mol. The van der Waals surface area contributed by atoms with E-state index in [-0.39, 0.29) is 6.42 Å². The van der Waals surface area contributed by atoms with E-state index in [1.165, 1.54) is 51.4 Å². The number of rotatable bonds is 20. The lowest BCUT2D eigenvalue weighted by Crippen LogP contribution is -2.64. The zero-order valence-electron chi connectivity index (χ0n) is 21.9. The molecule has 0 saturated heterocycles. The van der Waals surface area contributed by atoms with Crippen LogP contribution in [0.1, 0.15) is 96.8 Å². The van der Waals surface area contributed by atoms with Crippen molar-refractivity contribution in [1.29, 1.82) is 0 Å². The van der Waals surface area contributed by atoms with Crippen molar-refractivity contribution in [2.75, 3.05) is 6.61 Å². The number of hydrogen-bond acceptors (Lipinski definition) is 11. The summed E-state index contributed by atoms with van der Waals surface area (Å²) in [6.07, 6.45) is 4.06. The highest BCUT2D eigenvalue weighted by molar-refractivity contribution is 7.81. The van der Waals surface area contributed by atoms with Gasteiger partial charge in [0.1, 0.15) is 18.3 Å². The minimum atomic E-state index is -5.29. The molecule has 0 spiro atoms. The van der Waals surface area contributed by atoms with Crippen molar-refractivity contribution in [3.8, 4) is 0 Å². The third-order valence-electron chi connectivity index (χ3n) is 6.61. The first-order chi connectivity index (χ1) is 17.8. The molecular formula is C23H44O13S2. The highest BCUT2D eigenvalue weighted by Crippen LogP contribution is 2.32. The van der Waals surface area contributed by atoms with E-state index in [0.717, 1.165) is 25.7 Å². The molecule has 38 heavy (non-hydrogen) atoms. The summed E-state index contributed by atoms with van der Waals surface area (Å²) < 4.78 is 75.6. The molecule has 5 N–H and O–H groups in total. The molecule has 0 heterocycles. The summed E-state index contributed by atoms with van der Waals surface area (Å²) in [4.78, 5) is 12.1. The number of carbonyl (C=O) groups excluding carboxylic acids is 1. The first-order valence-electron chi connectivity index (χ1n) is 13.3. The Morgan fingerprint density at radius 3 is 1.45 bits per heavy atom. The van der Waals surface area contributed by atoms with Crippen LogP contribution in [0.4, 0.5) is 0 Å². The van der Waals surface area contributed by atoms with Crippen molar-refractivity contribution in [1.82, 2.24) is 0 Å². The van der Waals surface area contributed by atoms with Crippen LogP contribution in [0, 0.1) is 5.92 Å². The van der Waals surface area contributed by atoms with Gasteiger partial charge in [-0.3, -0.25) is 13.9 Å². The number of hydrogen-bond donors (Lipinski definition) is 5. The van der Waals surface area contributed by atoms with E-state index in [4.69, 9.17) is 13.8 Å². The van der Waals surface area contributed by atoms with E-state index in [1.54, 1.807) is 0 Å². The van der Waals surface area contributed by atoms with Gasteiger partial charge in [0.2, 0.25) is 0 Å². The Labute approximate surface area is 225 Å². The Balaban J connectivity index is 2.39. The summed E-state index contributed by atoms with van der Waals surface area (Å²) in [6, 6.07) is 0. The van der Waals surface area contributed by atoms with Crippen molar-refractivity contribution < 1.29 is 59.2 Å². The van der Waals surface area contributed by atoms with E-state index in [2.05, 4.69) is 15.3 Å². The maximum absolute atomic E-state index is 12.1. The van der Waals surface area contributed by atoms with Gasteiger partial charge in [-0.15, -0.1) is 0 Å². The number of aliphatic hydroxyl groups excluding tert-OH is 3. The highest BCUT2D eigenvalue weighted by Gasteiger charge is 2.54. The van der Waals surface area contributed by atoms with Crippen LogP contribution >= 0.6 is 0 Å². The summed E-state index contributed by atoms with van der Waals surface area (Å²) in [5.41, 5.74) is 0. The standard InChI is InChI=1S/C23H44O13S2/c1-2-3-4-5-6-7-8-9-10-11-12-13-14-15-18(24)34-16-17-19(25)21(27)23(36-38(31,32)33)22(20(17)26)35-37(28,29)30/h17,19-23,25-27H,2-16H2,1H3,(H,28,29,30)(H,31,32,33)/t17-,19-,20-,21-,22+,23+/m0/s1. The van der Waals surface area contributed by atoms with Gasteiger partial charge in [0.25, 0.3) is 0 Å². The van der Waals surface area contributed by atoms with Gasteiger partial charge in [0.15, 0.2) is 0 Å². The fourth-order valence-electron chi connectivity index (χ4n) is 4.53. The molecule has 0 radical (unpaired) electrons. The zero-order chi connectivity index (χ0) is 28.8. The number of carbonyl (C=O) groups is 1. The summed E-state index contributed by atoms with van der Waals surface area (Å²) in [7, 11) is -10.6. The molecule has 0 aromatic carbocycles. The van der Waals surface area contributed by atoms with Crippen LogP contribution in [0.15, 0.2) is 0 Å². The average Bonchev–Trinajstić information content (AvgIpc) is 2.81. The molecule has 0 bridgehead atoms. The molecule has 6 atom stereocenters. The molecule has 0 unspecified atom stereocenters. The molecule has 226 valence electrons. The van der Waals surface area contributed by atoms with E-state index in [9.17, 15) is 36.9 Å². The summed E-state index contributed by atoms with van der Waals surface area (Å²) in [5.74, 6) is -2.17. The van der Waals surface area contributed by atoms with Gasteiger partial charge >= 0.3 is 26.8 Å². The normalized spacial score (nSPS) is 26.4. The van der Waals surface area contributed by atoms with Crippen LogP contribution in [0.25, 0.3) is 0 Å². The van der Waals surface area contributed by atoms with Gasteiger partial charge in [-0.1, -0.05) is 84.0 Å². The number of esters is 1. The van der Waals surface area contributed by atoms with Crippen LogP contribution in [0.2, 0.25) is 0 Å². The third kappa shape index (κ3) is 14.5. The second kappa shape index (κ2) is 17.7. The van der Waals surface area contributed by atoms with Crippen molar-refractivity contribution in [2.24, 2.45) is 5.92 Å². The molecule has 13 nitrogen and oxygen atoms in total. The van der Waals surface area contributed by atoms with E-state index in [1.807, 2.05) is 0 Å². The SMILES string of the molecule is CCCCCCCCCCCCCCCC(=O)OC[C@H]1[C@H](O)[C@H](O)[C@@H](OS(=O)(=O)O)[C@H](OS(=O)(=O)O)[C@H]1O. The van der Waals surface area contributed by atoms with Gasteiger partial charge < -0.3 is 20.1 Å². The largest absolute Gasteiger partial charge is 0.465 e. The van der Waals surface area contributed by atoms with Crippen molar-refractivity contribution in [3.63, 3.8) is 0 Å². The van der Waals surface area contributed by atoms with E-state index in [0.29, 0.717) is 6.42 Å². The lowest BCUT2D eigenvalue weighted by molar-refractivity contribution is -0.200. The molecule has 1 fully saturated rings. The number of ether oxygens (including phenoxy) is 1. The molecule has 1 rings (SSSR count). The van der Waals surface area contributed by atoms with Gasteiger partial charge in [-0.25, -0.2) is 8.37 Å². The molecule has 0 aromatic rings. The van der Waals surface area contributed by atoms with Crippen LogP contribution in [0.3, 0.4) is 0 Å². The molecule has 1 saturated carbocycles. The summed E-state index contributed by atoms with van der Waals surface area (Å²) in [5, 5.41) is 30.9. The topological polar surface area (TPSA) is 214 Å². The first-order valence-corrected chi connectivity index (χ1v) is 16.0. The predicted molar refractivity (Wildman–Crippen MR) is 136 cm³/mol. The van der Waals surface area contributed by atoms with Crippen LogP contribution in [-0.4, -0.2) is 84.4 Å². The molecule has 0 aliphatic heterocycles. The van der Waals surface area contributed by atoms with Crippen LogP contribution in [0.5, 0.6) is 0 Å². The molecule has 1 aliphatic carbocycles. The Bertz CT molecular complexity index is 878. The molecule has 1 aliphatic rings. The average molecular weight is 593 g/mol. The predicted octanol–water partition coefficient (Wildman–Crippen LogP) is 2.10. The maximum Gasteiger partial charge on any atom is 0.397 e. The van der Waals surface area contributed by atoms with Crippen molar-refractivity contribution >= 4 is 26.8 Å². The van der Waals surface area contributed by atoms with Crippen LogP contribution in [-0.2, 0) is 38.7 Å². The Kier molecular flexibility index (Phi) is 16.4. The molecule has 15 heteroatoms. The Hall–Kier alpha value is -0.910. The van der Waals surface area contributed by atoms with Gasteiger partial charge in [-0.2, -0.15) is 16.8 Å². The van der Waals surface area contributed by atoms with Crippen molar-refractivity contribution in [2.45, 2.75) is 127 Å². The van der Waals surface area contributed by atoms with E-state index >= 15 is 0 Å². The van der Waals surface area contributed by atoms with E-state index < -0.39 is 69.8 Å². The van der Waals surface area contributed by atoms with Gasteiger partial charge in [0.05, 0.1) is 24.7 Å². The smallest absolute Gasteiger partial charge is 0.397 e. The second-order valence-electron chi connectivity index (χ2n) is 9.79. The van der Waals surface area contributed by atoms with Gasteiger partial charge in [-0.05, 0) is 6.42 Å². The summed E-state index contributed by atoms with van der Waals surface area (Å²) >= 11 is 0. The lowest BCUT2D eigenvalue weighted by atomic mass is 9.79. The zero-order valence-corrected chi connectivity index (χ0v) is 23.5. The minimum Gasteiger partial charge on any atom is -0.465 e. The molecule has 0 aromatic heterocycles. The lowest BCUT2D eigenvalue weighted by Gasteiger charge is -2.43. The number of aliphatic hydroxyl groups is 3. The fourth-order valence-corrected chi connectivity index (χ4v) is 5.54. The maximum atomic E-state index is 12.1. The van der Waals surface area contributed by atoms with Gasteiger partial charge in [0, 0.05) is 6.42 Å². The minimum absolute atomic E-state index is 0.0681. The highest BCUT2D eigenvalue weighted by atomic mass is 32.3. The van der Waals surface area contributed by atoms with Crippen molar-refractivity contribution in [3.05, 3.63) is 0 Å². The Morgan fingerprint density at radius 1 is 0.632 bits per heavy atom.